The smallest absolute Gasteiger partial charge is 0.202 e. The molecule has 1 unspecified atom stereocenters. The number of benzene rings is 1. The van der Waals surface area contributed by atoms with E-state index in [4.69, 9.17) is 4.74 Å². The normalized spacial score (nSPS) is 19.1. The summed E-state index contributed by atoms with van der Waals surface area (Å²) in [6.45, 7) is 3.75. The van der Waals surface area contributed by atoms with Gasteiger partial charge in [-0.1, -0.05) is 6.07 Å². The van der Waals surface area contributed by atoms with Crippen molar-refractivity contribution < 1.29 is 17.9 Å². The number of nitrogens with zero attached hydrogens (tertiary/aromatic N) is 1. The highest BCUT2D eigenvalue weighted by Gasteiger charge is 2.31. The summed E-state index contributed by atoms with van der Waals surface area (Å²) >= 11 is 2.19. The summed E-state index contributed by atoms with van der Waals surface area (Å²) < 4.78 is 32.2. The SMILES string of the molecule is Cc1cc(C(=O)COc2cccc(I)c2)c(C)n1C1CCS(=O)(=O)C1. The van der Waals surface area contributed by atoms with Crippen LogP contribution in [0, 0.1) is 17.4 Å². The van der Waals surface area contributed by atoms with Gasteiger partial charge in [0.15, 0.2) is 16.4 Å². The molecule has 134 valence electrons. The van der Waals surface area contributed by atoms with Crippen molar-refractivity contribution in [3.63, 3.8) is 0 Å². The van der Waals surface area contributed by atoms with Gasteiger partial charge in [-0.2, -0.15) is 0 Å². The molecule has 1 saturated heterocycles. The summed E-state index contributed by atoms with van der Waals surface area (Å²) in [7, 11) is -2.97. The fourth-order valence-electron chi connectivity index (χ4n) is 3.38. The number of aryl methyl sites for hydroxylation is 1. The number of hydrogen-bond donors (Lipinski definition) is 0. The molecule has 0 bridgehead atoms. The molecule has 0 N–H and O–H groups in total. The van der Waals surface area contributed by atoms with Crippen molar-refractivity contribution in [2.45, 2.75) is 26.3 Å². The number of rotatable bonds is 5. The first kappa shape index (κ1) is 18.4. The van der Waals surface area contributed by atoms with Crippen molar-refractivity contribution in [2.24, 2.45) is 0 Å². The number of carbonyl (C=O) groups excluding carboxylic acids is 1. The predicted octanol–water partition coefficient (Wildman–Crippen LogP) is 3.33. The van der Waals surface area contributed by atoms with E-state index in [0.717, 1.165) is 15.0 Å². The van der Waals surface area contributed by atoms with Crippen molar-refractivity contribution in [1.29, 1.82) is 0 Å². The van der Waals surface area contributed by atoms with E-state index in [2.05, 4.69) is 22.6 Å². The highest BCUT2D eigenvalue weighted by molar-refractivity contribution is 14.1. The average Bonchev–Trinajstić information content (AvgIpc) is 3.04. The van der Waals surface area contributed by atoms with Gasteiger partial charge in [0.1, 0.15) is 5.75 Å². The molecule has 2 heterocycles. The van der Waals surface area contributed by atoms with E-state index in [0.29, 0.717) is 17.7 Å². The Bertz CT molecular complexity index is 917. The molecule has 1 aromatic carbocycles. The second kappa shape index (κ2) is 7.11. The maximum absolute atomic E-state index is 12.6. The van der Waals surface area contributed by atoms with Crippen molar-refractivity contribution in [3.05, 3.63) is 50.9 Å². The molecule has 1 atom stereocenters. The van der Waals surface area contributed by atoms with E-state index in [9.17, 15) is 13.2 Å². The first-order chi connectivity index (χ1) is 11.8. The second-order valence-electron chi connectivity index (χ2n) is 6.38. The number of halogens is 1. The molecule has 3 rings (SSSR count). The van der Waals surface area contributed by atoms with Gasteiger partial charge in [0, 0.05) is 26.6 Å². The predicted molar refractivity (Wildman–Crippen MR) is 105 cm³/mol. The summed E-state index contributed by atoms with van der Waals surface area (Å²) in [6, 6.07) is 9.29. The molecule has 2 aromatic rings. The zero-order valence-corrected chi connectivity index (χ0v) is 17.1. The molecule has 0 saturated carbocycles. The minimum absolute atomic E-state index is 0.0344. The van der Waals surface area contributed by atoms with Crippen LogP contribution in [0.5, 0.6) is 5.75 Å². The van der Waals surface area contributed by atoms with Gasteiger partial charge in [0.2, 0.25) is 5.78 Å². The molecule has 25 heavy (non-hydrogen) atoms. The van der Waals surface area contributed by atoms with Crippen LogP contribution in [-0.2, 0) is 9.84 Å². The lowest BCUT2D eigenvalue weighted by atomic mass is 10.1. The van der Waals surface area contributed by atoms with Crippen molar-refractivity contribution >= 4 is 38.2 Å². The largest absolute Gasteiger partial charge is 0.485 e. The van der Waals surface area contributed by atoms with Crippen LogP contribution >= 0.6 is 22.6 Å². The van der Waals surface area contributed by atoms with Gasteiger partial charge in [0.25, 0.3) is 0 Å². The monoisotopic (exact) mass is 473 g/mol. The molecule has 0 spiro atoms. The van der Waals surface area contributed by atoms with Crippen molar-refractivity contribution in [1.82, 2.24) is 4.57 Å². The van der Waals surface area contributed by atoms with Crippen LogP contribution in [0.4, 0.5) is 0 Å². The number of sulfone groups is 1. The quantitative estimate of drug-likeness (QED) is 0.494. The van der Waals surface area contributed by atoms with Gasteiger partial charge < -0.3 is 9.30 Å². The minimum Gasteiger partial charge on any atom is -0.485 e. The number of hydrogen-bond acceptors (Lipinski definition) is 4. The Hall–Kier alpha value is -1.35. The Labute approximate surface area is 161 Å². The van der Waals surface area contributed by atoms with Crippen LogP contribution in [-0.4, -0.2) is 36.9 Å². The Morgan fingerprint density at radius 1 is 1.32 bits per heavy atom. The van der Waals surface area contributed by atoms with Gasteiger partial charge >= 0.3 is 0 Å². The summed E-state index contributed by atoms with van der Waals surface area (Å²) in [4.78, 5) is 12.6. The molecule has 0 aliphatic carbocycles. The van der Waals surface area contributed by atoms with Crippen molar-refractivity contribution in [3.8, 4) is 5.75 Å². The highest BCUT2D eigenvalue weighted by atomic mass is 127. The maximum Gasteiger partial charge on any atom is 0.202 e. The fourth-order valence-corrected chi connectivity index (χ4v) is 5.60. The van der Waals surface area contributed by atoms with Crippen LogP contribution in [0.15, 0.2) is 30.3 Å². The molecule has 1 fully saturated rings. The standard InChI is InChI=1S/C18H20INO4S/c1-12-8-17(13(2)20(12)15-6-7-25(22,23)11-15)18(21)10-24-16-5-3-4-14(19)9-16/h3-5,8-9,15H,6-7,10-11H2,1-2H3. The topological polar surface area (TPSA) is 65.4 Å². The Kier molecular flexibility index (Phi) is 5.24. The summed E-state index contributed by atoms with van der Waals surface area (Å²) in [5, 5.41) is 0. The molecular formula is C18H20INO4S. The lowest BCUT2D eigenvalue weighted by Crippen LogP contribution is -2.16. The van der Waals surface area contributed by atoms with E-state index in [1.807, 2.05) is 48.7 Å². The molecule has 1 aromatic heterocycles. The molecular weight excluding hydrogens is 453 g/mol. The zero-order chi connectivity index (χ0) is 18.2. The number of ketones is 1. The first-order valence-electron chi connectivity index (χ1n) is 8.07. The first-order valence-corrected chi connectivity index (χ1v) is 11.0. The van der Waals surface area contributed by atoms with Gasteiger partial charge in [-0.25, -0.2) is 8.42 Å². The van der Waals surface area contributed by atoms with E-state index in [-0.39, 0.29) is 29.9 Å². The van der Waals surface area contributed by atoms with E-state index in [1.165, 1.54) is 0 Å². The van der Waals surface area contributed by atoms with Crippen LogP contribution in [0.25, 0.3) is 0 Å². The summed E-state index contributed by atoms with van der Waals surface area (Å²) in [6.07, 6.45) is 0.602. The number of carbonyl (C=O) groups is 1. The molecule has 0 amide bonds. The third kappa shape index (κ3) is 4.08. The highest BCUT2D eigenvalue weighted by Crippen LogP contribution is 2.29. The average molecular weight is 473 g/mol. The fraction of sp³-hybridized carbons (Fsp3) is 0.389. The molecule has 1 aliphatic rings. The Balaban J connectivity index is 1.76. The van der Waals surface area contributed by atoms with Gasteiger partial charge in [-0.15, -0.1) is 0 Å². The Morgan fingerprint density at radius 3 is 2.72 bits per heavy atom. The lowest BCUT2D eigenvalue weighted by molar-refractivity contribution is 0.0920. The zero-order valence-electron chi connectivity index (χ0n) is 14.2. The molecule has 1 aliphatic heterocycles. The van der Waals surface area contributed by atoms with Gasteiger partial charge in [0.05, 0.1) is 11.5 Å². The lowest BCUT2D eigenvalue weighted by Gasteiger charge is -2.16. The van der Waals surface area contributed by atoms with Crippen LogP contribution in [0.2, 0.25) is 0 Å². The molecule has 5 nitrogen and oxygen atoms in total. The van der Waals surface area contributed by atoms with Gasteiger partial charge in [-0.3, -0.25) is 4.79 Å². The Morgan fingerprint density at radius 2 is 2.08 bits per heavy atom. The van der Waals surface area contributed by atoms with E-state index < -0.39 is 9.84 Å². The molecule has 7 heteroatoms. The number of Topliss-reactive ketones (excluding diaryl/α,β-unsaturated/α-hetero) is 1. The third-order valence-electron chi connectivity index (χ3n) is 4.52. The van der Waals surface area contributed by atoms with Crippen LogP contribution in [0.3, 0.4) is 0 Å². The second-order valence-corrected chi connectivity index (χ2v) is 9.86. The van der Waals surface area contributed by atoms with Crippen LogP contribution < -0.4 is 4.74 Å². The number of aromatic nitrogens is 1. The molecule has 0 radical (unpaired) electrons. The maximum atomic E-state index is 12.6. The van der Waals surface area contributed by atoms with Gasteiger partial charge in [-0.05, 0) is 67.1 Å². The third-order valence-corrected chi connectivity index (χ3v) is 6.95. The minimum atomic E-state index is -2.97. The van der Waals surface area contributed by atoms with Crippen LogP contribution in [0.1, 0.15) is 34.2 Å². The summed E-state index contributed by atoms with van der Waals surface area (Å²) in [5.74, 6) is 0.930. The number of ether oxygens (including phenoxy) is 1. The van der Waals surface area contributed by atoms with Crippen molar-refractivity contribution in [2.75, 3.05) is 18.1 Å². The summed E-state index contributed by atoms with van der Waals surface area (Å²) in [5.41, 5.74) is 2.33. The van der Waals surface area contributed by atoms with E-state index in [1.54, 1.807) is 0 Å². The van der Waals surface area contributed by atoms with E-state index >= 15 is 0 Å².